The molecule has 1 aliphatic heterocycles. The Morgan fingerprint density at radius 2 is 1.75 bits per heavy atom. The average Bonchev–Trinajstić information content (AvgIpc) is 3.17. The average molecular weight is 418 g/mol. The molecule has 6 N–H and O–H groups in total. The summed E-state index contributed by atoms with van der Waals surface area (Å²) in [6.45, 7) is 0.817. The van der Waals surface area contributed by atoms with E-state index in [4.69, 9.17) is 15.9 Å². The van der Waals surface area contributed by atoms with Gasteiger partial charge in [0.25, 0.3) is 0 Å². The number of hydrogen-bond acceptors (Lipinski definition) is 7. The first-order chi connectivity index (χ1) is 13.2. The smallest absolute Gasteiger partial charge is 0.322 e. The second kappa shape index (κ2) is 12.2. The van der Waals surface area contributed by atoms with Gasteiger partial charge in [0.05, 0.1) is 5.75 Å². The molecule has 12 heteroatoms. The first-order valence-corrected chi connectivity index (χ1v) is 9.99. The van der Waals surface area contributed by atoms with E-state index in [-0.39, 0.29) is 30.3 Å². The zero-order valence-corrected chi connectivity index (χ0v) is 16.2. The predicted molar refractivity (Wildman–Crippen MR) is 101 cm³/mol. The molecular formula is C16H26N4O7S. The number of thioether (sulfide) groups is 1. The van der Waals surface area contributed by atoms with Crippen molar-refractivity contribution in [2.75, 3.05) is 31.1 Å². The van der Waals surface area contributed by atoms with Crippen LogP contribution in [-0.4, -0.2) is 88.0 Å². The molecule has 0 aromatic heterocycles. The maximum atomic E-state index is 12.1. The van der Waals surface area contributed by atoms with E-state index in [1.165, 1.54) is 0 Å². The summed E-state index contributed by atoms with van der Waals surface area (Å²) in [6, 6.07) is -2.25. The van der Waals surface area contributed by atoms with Crippen LogP contribution in [-0.2, 0) is 24.0 Å². The maximum Gasteiger partial charge on any atom is 0.322 e. The van der Waals surface area contributed by atoms with E-state index in [0.717, 1.165) is 24.6 Å². The molecule has 0 spiro atoms. The van der Waals surface area contributed by atoms with Crippen molar-refractivity contribution in [3.8, 4) is 0 Å². The van der Waals surface area contributed by atoms with Crippen molar-refractivity contribution in [3.05, 3.63) is 0 Å². The van der Waals surface area contributed by atoms with Gasteiger partial charge in [-0.15, -0.1) is 11.8 Å². The third-order valence-corrected chi connectivity index (χ3v) is 5.05. The monoisotopic (exact) mass is 418 g/mol. The van der Waals surface area contributed by atoms with Gasteiger partial charge in [0.1, 0.15) is 18.6 Å². The number of aliphatic carboxylic acids is 2. The summed E-state index contributed by atoms with van der Waals surface area (Å²) in [5, 5.41) is 22.0. The highest BCUT2D eigenvalue weighted by molar-refractivity contribution is 8.00. The lowest BCUT2D eigenvalue weighted by Crippen LogP contribution is -2.49. The minimum absolute atomic E-state index is 0.0500. The fourth-order valence-corrected chi connectivity index (χ4v) is 3.41. The van der Waals surface area contributed by atoms with Crippen molar-refractivity contribution in [1.82, 2.24) is 15.5 Å². The van der Waals surface area contributed by atoms with Gasteiger partial charge in [0.2, 0.25) is 17.7 Å². The van der Waals surface area contributed by atoms with Gasteiger partial charge in [-0.25, -0.2) is 0 Å². The Labute approximate surface area is 166 Å². The van der Waals surface area contributed by atoms with Crippen molar-refractivity contribution >= 4 is 41.4 Å². The highest BCUT2D eigenvalue weighted by Gasteiger charge is 2.24. The van der Waals surface area contributed by atoms with Crippen molar-refractivity contribution in [2.45, 2.75) is 37.8 Å². The summed E-state index contributed by atoms with van der Waals surface area (Å²) in [5.41, 5.74) is 5.34. The molecule has 0 aromatic rings. The molecule has 11 nitrogen and oxygen atoms in total. The summed E-state index contributed by atoms with van der Waals surface area (Å²) in [6.07, 6.45) is 1.62. The van der Waals surface area contributed by atoms with Crippen LogP contribution in [0.15, 0.2) is 0 Å². The van der Waals surface area contributed by atoms with Crippen LogP contribution in [0.3, 0.4) is 0 Å². The van der Waals surface area contributed by atoms with Crippen molar-refractivity contribution < 1.29 is 34.2 Å². The largest absolute Gasteiger partial charge is 0.480 e. The molecule has 1 rings (SSSR count). The van der Waals surface area contributed by atoms with Crippen LogP contribution < -0.4 is 16.4 Å². The number of carboxylic acids is 2. The van der Waals surface area contributed by atoms with Crippen LogP contribution in [0.1, 0.15) is 25.7 Å². The standard InChI is InChI=1S/C16H26N4O7S/c17-10(16(26)27)3-4-12(21)19-11(15(25)18-7-14(23)24)8-28-9-13(22)20-5-1-2-6-20/h10-11H,1-9,17H2,(H,18,25)(H,19,21)(H,23,24)(H,26,27). The molecule has 0 saturated carbocycles. The lowest BCUT2D eigenvalue weighted by molar-refractivity contribution is -0.139. The fraction of sp³-hybridized carbons (Fsp3) is 0.688. The molecule has 1 heterocycles. The van der Waals surface area contributed by atoms with Crippen LogP contribution in [0.4, 0.5) is 0 Å². The summed E-state index contributed by atoms with van der Waals surface area (Å²) in [7, 11) is 0. The Balaban J connectivity index is 2.53. The second-order valence-electron chi connectivity index (χ2n) is 6.32. The number of amides is 3. The van der Waals surface area contributed by atoms with E-state index in [9.17, 15) is 24.0 Å². The molecule has 28 heavy (non-hydrogen) atoms. The lowest BCUT2D eigenvalue weighted by atomic mass is 10.1. The Morgan fingerprint density at radius 3 is 2.32 bits per heavy atom. The van der Waals surface area contributed by atoms with E-state index < -0.39 is 42.4 Å². The van der Waals surface area contributed by atoms with Gasteiger partial charge in [-0.1, -0.05) is 0 Å². The first-order valence-electron chi connectivity index (χ1n) is 8.83. The van der Waals surface area contributed by atoms with Crippen LogP contribution in [0.5, 0.6) is 0 Å². The van der Waals surface area contributed by atoms with Crippen LogP contribution >= 0.6 is 11.8 Å². The van der Waals surface area contributed by atoms with Crippen LogP contribution in [0.25, 0.3) is 0 Å². The number of nitrogens with one attached hydrogen (secondary N) is 2. The number of carboxylic acid groups (broad SMARTS) is 2. The van der Waals surface area contributed by atoms with Crippen molar-refractivity contribution in [1.29, 1.82) is 0 Å². The maximum absolute atomic E-state index is 12.1. The van der Waals surface area contributed by atoms with Crippen LogP contribution in [0.2, 0.25) is 0 Å². The van der Waals surface area contributed by atoms with Crippen molar-refractivity contribution in [2.24, 2.45) is 5.73 Å². The molecule has 2 atom stereocenters. The number of rotatable bonds is 12. The Kier molecular flexibility index (Phi) is 10.3. The van der Waals surface area contributed by atoms with Gasteiger partial charge < -0.3 is 31.5 Å². The Morgan fingerprint density at radius 1 is 1.11 bits per heavy atom. The molecule has 2 unspecified atom stereocenters. The second-order valence-corrected chi connectivity index (χ2v) is 7.35. The van der Waals surface area contributed by atoms with E-state index in [1.807, 2.05) is 0 Å². The highest BCUT2D eigenvalue weighted by atomic mass is 32.2. The number of carbonyl (C=O) groups excluding carboxylic acids is 3. The third-order valence-electron chi connectivity index (χ3n) is 4.03. The van der Waals surface area contributed by atoms with Crippen LogP contribution in [0, 0.1) is 0 Å². The third kappa shape index (κ3) is 9.04. The number of nitrogens with two attached hydrogens (primary N) is 1. The fourth-order valence-electron chi connectivity index (χ4n) is 2.47. The Hall–Kier alpha value is -2.34. The van der Waals surface area contributed by atoms with Gasteiger partial charge in [-0.2, -0.15) is 0 Å². The van der Waals surface area contributed by atoms with Gasteiger partial charge in [0, 0.05) is 25.3 Å². The molecule has 0 aliphatic carbocycles. The normalized spacial score (nSPS) is 15.5. The zero-order valence-electron chi connectivity index (χ0n) is 15.4. The van der Waals surface area contributed by atoms with E-state index in [1.54, 1.807) is 4.90 Å². The van der Waals surface area contributed by atoms with Gasteiger partial charge >= 0.3 is 11.9 Å². The summed E-state index contributed by atoms with van der Waals surface area (Å²) in [5.74, 6) is -3.59. The van der Waals surface area contributed by atoms with E-state index in [2.05, 4.69) is 10.6 Å². The molecule has 1 aliphatic rings. The minimum Gasteiger partial charge on any atom is -0.480 e. The molecule has 3 amide bonds. The topological polar surface area (TPSA) is 179 Å². The molecule has 0 radical (unpaired) electrons. The first kappa shape index (κ1) is 23.7. The Bertz CT molecular complexity index is 596. The van der Waals surface area contributed by atoms with E-state index >= 15 is 0 Å². The summed E-state index contributed by atoms with van der Waals surface area (Å²) >= 11 is 1.16. The molecule has 1 fully saturated rings. The van der Waals surface area contributed by atoms with E-state index in [0.29, 0.717) is 13.1 Å². The van der Waals surface area contributed by atoms with Gasteiger partial charge in [-0.3, -0.25) is 24.0 Å². The zero-order chi connectivity index (χ0) is 21.1. The number of hydrogen-bond donors (Lipinski definition) is 5. The van der Waals surface area contributed by atoms with Gasteiger partial charge in [0.15, 0.2) is 0 Å². The number of nitrogens with zero attached hydrogens (tertiary/aromatic N) is 1. The predicted octanol–water partition coefficient (Wildman–Crippen LogP) is -1.78. The molecule has 0 aromatic carbocycles. The lowest BCUT2D eigenvalue weighted by Gasteiger charge is -2.19. The van der Waals surface area contributed by atoms with Crippen molar-refractivity contribution in [3.63, 3.8) is 0 Å². The number of carbonyl (C=O) groups is 5. The quantitative estimate of drug-likeness (QED) is 0.245. The highest BCUT2D eigenvalue weighted by Crippen LogP contribution is 2.11. The van der Waals surface area contributed by atoms with Gasteiger partial charge in [-0.05, 0) is 19.3 Å². The SMILES string of the molecule is NC(CCC(=O)NC(CSCC(=O)N1CCCC1)C(=O)NCC(=O)O)C(=O)O. The minimum atomic E-state index is -1.24. The number of likely N-dealkylation sites (tertiary alicyclic amines) is 1. The molecule has 0 bridgehead atoms. The summed E-state index contributed by atoms with van der Waals surface area (Å²) in [4.78, 5) is 59.2. The molecule has 1 saturated heterocycles. The molecular weight excluding hydrogens is 392 g/mol. The molecule has 158 valence electrons. The summed E-state index contributed by atoms with van der Waals surface area (Å²) < 4.78 is 0.